The van der Waals surface area contributed by atoms with Crippen LogP contribution in [0.3, 0.4) is 0 Å². The molecule has 2 N–H and O–H groups in total. The van der Waals surface area contributed by atoms with Gasteiger partial charge in [0.05, 0.1) is 12.8 Å². The van der Waals surface area contributed by atoms with Crippen LogP contribution in [0.2, 0.25) is 0 Å². The van der Waals surface area contributed by atoms with Gasteiger partial charge in [0.2, 0.25) is 0 Å². The first-order valence-corrected chi connectivity index (χ1v) is 13.4. The minimum atomic E-state index is -0.277. The van der Waals surface area contributed by atoms with Gasteiger partial charge in [-0.1, -0.05) is 0 Å². The minimum Gasteiger partial charge on any atom is -0.493 e. The van der Waals surface area contributed by atoms with E-state index in [1.54, 1.807) is 25.4 Å². The first kappa shape index (κ1) is 25.7. The van der Waals surface area contributed by atoms with Crippen molar-refractivity contribution in [3.8, 4) is 28.6 Å². The third-order valence-corrected chi connectivity index (χ3v) is 7.60. The van der Waals surface area contributed by atoms with Crippen molar-refractivity contribution in [1.82, 2.24) is 30.0 Å². The lowest BCUT2D eigenvalue weighted by Crippen LogP contribution is -2.33. The number of hydrogen-bond acceptors (Lipinski definition) is 6. The van der Waals surface area contributed by atoms with Gasteiger partial charge in [0, 0.05) is 60.0 Å². The quantitative estimate of drug-likeness (QED) is 0.387. The Morgan fingerprint density at radius 2 is 2.02 bits per heavy atom. The highest BCUT2D eigenvalue weighted by molar-refractivity contribution is 5.95. The fraction of sp³-hybridized carbons (Fsp3) is 0.333. The largest absolute Gasteiger partial charge is 0.493 e. The number of carbonyl (C=O) groups excluding carboxylic acids is 2. The van der Waals surface area contributed by atoms with Crippen LogP contribution < -0.4 is 20.1 Å². The second-order valence-electron chi connectivity index (χ2n) is 10.7. The molecular formula is C30H32N6O4. The number of nitrogens with zero attached hydrogens (tertiary/aromatic N) is 4. The number of nitrogens with one attached hydrogen (secondary N) is 2. The zero-order valence-corrected chi connectivity index (χ0v) is 22.9. The summed E-state index contributed by atoms with van der Waals surface area (Å²) < 4.78 is 15.2. The van der Waals surface area contributed by atoms with E-state index in [-0.39, 0.29) is 30.4 Å². The summed E-state index contributed by atoms with van der Waals surface area (Å²) in [6, 6.07) is 13.2. The van der Waals surface area contributed by atoms with Gasteiger partial charge in [-0.15, -0.1) is 0 Å². The summed E-state index contributed by atoms with van der Waals surface area (Å²) in [4.78, 5) is 30.6. The maximum absolute atomic E-state index is 13.5. The molecule has 2 aromatic carbocycles. The average Bonchev–Trinajstić information content (AvgIpc) is 3.39. The third kappa shape index (κ3) is 5.16. The van der Waals surface area contributed by atoms with Crippen LogP contribution in [0.25, 0.3) is 17.1 Å². The standard InChI is InChI=1S/C30H32N6O4/c1-19-10-20(2)36(34-19)18-30(6-7-30)17-33-29(38)23-11-21-12-24(13-23)35-9-8-31-28(35)22-4-5-25(39-3)26(14-22)40-16-27(37)32-15-21/h4-5,8-14H,6-7,15-18H2,1-3H3,(H,32,37)(H,33,38). The van der Waals surface area contributed by atoms with E-state index in [2.05, 4.69) is 33.7 Å². The van der Waals surface area contributed by atoms with Crippen LogP contribution in [0.4, 0.5) is 0 Å². The van der Waals surface area contributed by atoms with E-state index < -0.39 is 0 Å². The molecule has 0 unspecified atom stereocenters. The van der Waals surface area contributed by atoms with Gasteiger partial charge in [0.25, 0.3) is 11.8 Å². The molecule has 1 fully saturated rings. The maximum Gasteiger partial charge on any atom is 0.258 e. The van der Waals surface area contributed by atoms with E-state index >= 15 is 0 Å². The Hall–Kier alpha value is -4.60. The summed E-state index contributed by atoms with van der Waals surface area (Å²) in [6.07, 6.45) is 5.67. The fourth-order valence-corrected chi connectivity index (χ4v) is 5.19. The van der Waals surface area contributed by atoms with Crippen LogP contribution in [0.1, 0.15) is 40.2 Å². The van der Waals surface area contributed by atoms with Crippen molar-refractivity contribution < 1.29 is 19.1 Å². The summed E-state index contributed by atoms with van der Waals surface area (Å²) in [5, 5.41) is 10.7. The maximum atomic E-state index is 13.5. The number of carbonyl (C=O) groups is 2. The van der Waals surface area contributed by atoms with E-state index in [9.17, 15) is 9.59 Å². The van der Waals surface area contributed by atoms with E-state index in [0.717, 1.165) is 47.6 Å². The van der Waals surface area contributed by atoms with Crippen LogP contribution in [0.15, 0.2) is 54.9 Å². The molecule has 10 nitrogen and oxygen atoms in total. The number of ether oxygens (including phenoxy) is 2. The summed E-state index contributed by atoms with van der Waals surface area (Å²) in [7, 11) is 1.55. The molecule has 1 saturated carbocycles. The van der Waals surface area contributed by atoms with Crippen molar-refractivity contribution in [2.45, 2.75) is 39.8 Å². The first-order valence-electron chi connectivity index (χ1n) is 13.4. The first-order chi connectivity index (χ1) is 19.3. The van der Waals surface area contributed by atoms with Crippen molar-refractivity contribution in [2.75, 3.05) is 20.3 Å². The molecule has 2 amide bonds. The lowest BCUT2D eigenvalue weighted by molar-refractivity contribution is -0.123. The van der Waals surface area contributed by atoms with Gasteiger partial charge in [0.15, 0.2) is 18.1 Å². The van der Waals surface area contributed by atoms with Gasteiger partial charge < -0.3 is 20.1 Å². The average molecular weight is 541 g/mol. The number of aromatic nitrogens is 4. The zero-order valence-electron chi connectivity index (χ0n) is 22.9. The van der Waals surface area contributed by atoms with E-state index in [0.29, 0.717) is 29.4 Å². The number of aryl methyl sites for hydroxylation is 2. The number of benzene rings is 2. The summed E-state index contributed by atoms with van der Waals surface area (Å²) in [5.74, 6) is 1.22. The Labute approximate surface area is 232 Å². The Morgan fingerprint density at radius 1 is 1.18 bits per heavy atom. The van der Waals surface area contributed by atoms with E-state index in [4.69, 9.17) is 9.47 Å². The van der Waals surface area contributed by atoms with E-state index in [1.807, 2.05) is 46.6 Å². The number of methoxy groups -OCH3 is 1. The number of rotatable bonds is 6. The van der Waals surface area contributed by atoms with Crippen molar-refractivity contribution in [3.05, 3.63) is 77.4 Å². The highest BCUT2D eigenvalue weighted by Gasteiger charge is 2.43. The number of imidazole rings is 1. The van der Waals surface area contributed by atoms with Crippen molar-refractivity contribution in [1.29, 1.82) is 0 Å². The third-order valence-electron chi connectivity index (χ3n) is 7.60. The molecule has 1 aliphatic heterocycles. The van der Waals surface area contributed by atoms with Gasteiger partial charge in [-0.05, 0) is 74.7 Å². The second kappa shape index (κ2) is 10.2. The molecule has 4 aromatic rings. The summed E-state index contributed by atoms with van der Waals surface area (Å²) >= 11 is 0. The molecule has 0 radical (unpaired) electrons. The molecule has 1 aliphatic carbocycles. The summed E-state index contributed by atoms with van der Waals surface area (Å²) in [6.45, 7) is 5.49. The molecule has 3 heterocycles. The van der Waals surface area contributed by atoms with Crippen molar-refractivity contribution in [3.63, 3.8) is 0 Å². The van der Waals surface area contributed by atoms with Crippen LogP contribution in [-0.2, 0) is 17.9 Å². The van der Waals surface area contributed by atoms with Gasteiger partial charge in [0.1, 0.15) is 5.82 Å². The number of fused-ring (bicyclic) bond motifs is 7. The van der Waals surface area contributed by atoms with Crippen molar-refractivity contribution >= 4 is 11.8 Å². The lowest BCUT2D eigenvalue weighted by atomic mass is 10.1. The number of hydrogen-bond donors (Lipinski definition) is 2. The van der Waals surface area contributed by atoms with Crippen LogP contribution in [0, 0.1) is 19.3 Å². The van der Waals surface area contributed by atoms with E-state index in [1.165, 1.54) is 0 Å². The smallest absolute Gasteiger partial charge is 0.258 e. The zero-order chi connectivity index (χ0) is 27.9. The SMILES string of the molecule is COc1ccc2cc1OCC(=O)NCc1cc(C(=O)NCC3(Cn4nc(C)cc4C)CC3)cc(c1)-n1ccnc1-2. The highest BCUT2D eigenvalue weighted by Crippen LogP contribution is 2.46. The molecule has 0 atom stereocenters. The molecule has 10 heteroatoms. The number of amides is 2. The molecule has 0 saturated heterocycles. The Bertz CT molecular complexity index is 1600. The Kier molecular flexibility index (Phi) is 6.53. The Balaban J connectivity index is 1.30. The lowest BCUT2D eigenvalue weighted by Gasteiger charge is -2.18. The van der Waals surface area contributed by atoms with Gasteiger partial charge >= 0.3 is 0 Å². The topological polar surface area (TPSA) is 112 Å². The molecule has 2 aliphatic rings. The molecule has 4 bridgehead atoms. The van der Waals surface area contributed by atoms with Crippen molar-refractivity contribution in [2.24, 2.45) is 5.41 Å². The predicted molar refractivity (Wildman–Crippen MR) is 149 cm³/mol. The molecule has 6 rings (SSSR count). The molecule has 40 heavy (non-hydrogen) atoms. The van der Waals surface area contributed by atoms with Gasteiger partial charge in [-0.25, -0.2) is 4.98 Å². The van der Waals surface area contributed by atoms with Crippen LogP contribution in [-0.4, -0.2) is 51.4 Å². The monoisotopic (exact) mass is 540 g/mol. The normalized spacial score (nSPS) is 15.4. The fourth-order valence-electron chi connectivity index (χ4n) is 5.19. The predicted octanol–water partition coefficient (Wildman–Crippen LogP) is 3.58. The second-order valence-corrected chi connectivity index (χ2v) is 10.7. The van der Waals surface area contributed by atoms with Gasteiger partial charge in [-0.3, -0.25) is 18.8 Å². The highest BCUT2D eigenvalue weighted by atomic mass is 16.5. The molecule has 0 spiro atoms. The Morgan fingerprint density at radius 3 is 2.77 bits per heavy atom. The summed E-state index contributed by atoms with van der Waals surface area (Å²) in [5.41, 5.74) is 5.02. The minimum absolute atomic E-state index is 0.0200. The van der Waals surface area contributed by atoms with Crippen LogP contribution in [0.5, 0.6) is 11.5 Å². The van der Waals surface area contributed by atoms with Gasteiger partial charge in [-0.2, -0.15) is 5.10 Å². The molecular weight excluding hydrogens is 508 g/mol. The molecule has 206 valence electrons. The molecule has 2 aromatic heterocycles. The van der Waals surface area contributed by atoms with Crippen LogP contribution >= 0.6 is 0 Å².